The van der Waals surface area contributed by atoms with Gasteiger partial charge in [0.25, 0.3) is 0 Å². The van der Waals surface area contributed by atoms with Crippen LogP contribution in [0.5, 0.6) is 11.5 Å². The number of nitrogens with one attached hydrogen (secondary N) is 1. The molecule has 0 aromatic carbocycles. The van der Waals surface area contributed by atoms with Gasteiger partial charge in [0.15, 0.2) is 11.5 Å². The van der Waals surface area contributed by atoms with Crippen molar-refractivity contribution in [2.45, 2.75) is 45.2 Å². The fraction of sp³-hybridized carbons (Fsp3) is 0.429. The summed E-state index contributed by atoms with van der Waals surface area (Å²) in [5, 5.41) is 5.70. The number of rotatable bonds is 7. The standard InChI is InChI=1S/C21H22F3N3O3/c1-2-3-4-5-6-16-19-20(29-10-9-28-19)18(30-16)13-7-8-14(25-12-13)15-11-17(27-26-15)21(22,23)24/h7-8,11-12H,2-6,9-10H2,1H3,(H,26,27). The summed E-state index contributed by atoms with van der Waals surface area (Å²) in [6.07, 6.45) is 2.24. The third-order valence-corrected chi connectivity index (χ3v) is 4.90. The van der Waals surface area contributed by atoms with Crippen molar-refractivity contribution in [2.24, 2.45) is 0 Å². The highest BCUT2D eigenvalue weighted by atomic mass is 19.4. The Bertz CT molecular complexity index is 993. The van der Waals surface area contributed by atoms with Crippen LogP contribution in [0.3, 0.4) is 0 Å². The summed E-state index contributed by atoms with van der Waals surface area (Å²) in [7, 11) is 0. The quantitative estimate of drug-likeness (QED) is 0.500. The van der Waals surface area contributed by atoms with Crippen molar-refractivity contribution in [3.8, 4) is 34.2 Å². The number of nitrogens with zero attached hydrogens (tertiary/aromatic N) is 2. The average Bonchev–Trinajstić information content (AvgIpc) is 3.37. The van der Waals surface area contributed by atoms with Crippen LogP contribution in [0.2, 0.25) is 0 Å². The Kier molecular flexibility index (Phi) is 5.69. The van der Waals surface area contributed by atoms with Crippen molar-refractivity contribution in [1.82, 2.24) is 15.2 Å². The van der Waals surface area contributed by atoms with Gasteiger partial charge in [-0.2, -0.15) is 18.3 Å². The molecule has 30 heavy (non-hydrogen) atoms. The molecule has 0 radical (unpaired) electrons. The SMILES string of the molecule is CCCCCCc1oc(-c2ccc(-c3cc(C(F)(F)F)[nH]n3)nc2)c2c1OCCO2. The zero-order valence-electron chi connectivity index (χ0n) is 16.5. The van der Waals surface area contributed by atoms with Crippen molar-refractivity contribution in [1.29, 1.82) is 0 Å². The van der Waals surface area contributed by atoms with Crippen LogP contribution in [0.15, 0.2) is 28.8 Å². The first-order valence-corrected chi connectivity index (χ1v) is 9.98. The molecule has 1 aliphatic heterocycles. The van der Waals surface area contributed by atoms with E-state index in [0.717, 1.165) is 37.5 Å². The lowest BCUT2D eigenvalue weighted by Crippen LogP contribution is -2.15. The smallest absolute Gasteiger partial charge is 0.432 e. The van der Waals surface area contributed by atoms with Crippen LogP contribution < -0.4 is 9.47 Å². The summed E-state index contributed by atoms with van der Waals surface area (Å²) in [5.74, 6) is 2.47. The van der Waals surface area contributed by atoms with Gasteiger partial charge in [0.2, 0.25) is 11.5 Å². The maximum absolute atomic E-state index is 12.8. The molecule has 0 bridgehead atoms. The Labute approximate surface area is 171 Å². The first-order valence-electron chi connectivity index (χ1n) is 9.98. The molecular formula is C21H22F3N3O3. The number of ether oxygens (including phenoxy) is 2. The molecule has 0 unspecified atom stereocenters. The van der Waals surface area contributed by atoms with Crippen LogP contribution in [-0.2, 0) is 12.6 Å². The Hall–Kier alpha value is -2.97. The van der Waals surface area contributed by atoms with E-state index < -0.39 is 11.9 Å². The van der Waals surface area contributed by atoms with Gasteiger partial charge in [0.1, 0.15) is 24.6 Å². The van der Waals surface area contributed by atoms with Crippen LogP contribution in [0, 0.1) is 0 Å². The van der Waals surface area contributed by atoms with E-state index in [4.69, 9.17) is 13.9 Å². The maximum atomic E-state index is 12.8. The molecule has 1 aliphatic rings. The molecule has 4 rings (SSSR count). The molecule has 3 aromatic rings. The number of aromatic amines is 1. The van der Waals surface area contributed by atoms with E-state index in [1.54, 1.807) is 12.1 Å². The van der Waals surface area contributed by atoms with Gasteiger partial charge in [-0.1, -0.05) is 26.2 Å². The van der Waals surface area contributed by atoms with Gasteiger partial charge in [-0.25, -0.2) is 0 Å². The predicted molar refractivity (Wildman–Crippen MR) is 103 cm³/mol. The number of unbranched alkanes of at least 4 members (excludes halogenated alkanes) is 3. The van der Waals surface area contributed by atoms with Crippen molar-refractivity contribution < 1.29 is 27.1 Å². The largest absolute Gasteiger partial charge is 0.483 e. The number of H-pyrrole nitrogens is 1. The number of hydrogen-bond acceptors (Lipinski definition) is 5. The average molecular weight is 421 g/mol. The number of aryl methyl sites for hydroxylation is 1. The number of pyridine rings is 1. The number of aromatic nitrogens is 3. The van der Waals surface area contributed by atoms with Gasteiger partial charge >= 0.3 is 6.18 Å². The van der Waals surface area contributed by atoms with Gasteiger partial charge in [0.05, 0.1) is 5.69 Å². The van der Waals surface area contributed by atoms with E-state index in [1.165, 1.54) is 12.6 Å². The van der Waals surface area contributed by atoms with Crippen LogP contribution in [0.25, 0.3) is 22.7 Å². The summed E-state index contributed by atoms with van der Waals surface area (Å²) in [6, 6.07) is 4.26. The molecule has 6 nitrogen and oxygen atoms in total. The lowest BCUT2D eigenvalue weighted by atomic mass is 10.1. The second-order valence-electron chi connectivity index (χ2n) is 7.12. The number of fused-ring (bicyclic) bond motifs is 1. The van der Waals surface area contributed by atoms with Gasteiger partial charge in [0, 0.05) is 18.2 Å². The lowest BCUT2D eigenvalue weighted by molar-refractivity contribution is -0.141. The Morgan fingerprint density at radius 1 is 1.03 bits per heavy atom. The summed E-state index contributed by atoms with van der Waals surface area (Å²) in [4.78, 5) is 4.26. The number of halogens is 3. The monoisotopic (exact) mass is 421 g/mol. The van der Waals surface area contributed by atoms with E-state index in [2.05, 4.69) is 17.0 Å². The maximum Gasteiger partial charge on any atom is 0.432 e. The van der Waals surface area contributed by atoms with Crippen molar-refractivity contribution in [3.05, 3.63) is 35.9 Å². The van der Waals surface area contributed by atoms with Crippen LogP contribution in [0.1, 0.15) is 44.1 Å². The van der Waals surface area contributed by atoms with E-state index in [0.29, 0.717) is 41.7 Å². The molecule has 1 N–H and O–H groups in total. The second kappa shape index (κ2) is 8.41. The van der Waals surface area contributed by atoms with E-state index in [9.17, 15) is 13.2 Å². The normalized spacial score (nSPS) is 13.6. The zero-order chi connectivity index (χ0) is 21.1. The van der Waals surface area contributed by atoms with E-state index in [-0.39, 0.29) is 5.69 Å². The minimum atomic E-state index is -4.48. The lowest BCUT2D eigenvalue weighted by Gasteiger charge is -2.15. The number of hydrogen-bond donors (Lipinski definition) is 1. The Morgan fingerprint density at radius 2 is 1.83 bits per heavy atom. The summed E-state index contributed by atoms with van der Waals surface area (Å²) < 4.78 is 55.9. The molecule has 0 spiro atoms. The highest BCUT2D eigenvalue weighted by Crippen LogP contribution is 2.46. The summed E-state index contributed by atoms with van der Waals surface area (Å²) in [6.45, 7) is 3.05. The van der Waals surface area contributed by atoms with Gasteiger partial charge in [-0.3, -0.25) is 10.1 Å². The van der Waals surface area contributed by atoms with Crippen molar-refractivity contribution in [3.63, 3.8) is 0 Å². The zero-order valence-corrected chi connectivity index (χ0v) is 16.5. The van der Waals surface area contributed by atoms with Gasteiger partial charge < -0.3 is 13.9 Å². The highest BCUT2D eigenvalue weighted by molar-refractivity contribution is 5.71. The van der Waals surface area contributed by atoms with Gasteiger partial charge in [-0.05, 0) is 24.6 Å². The molecular weight excluding hydrogens is 399 g/mol. The Balaban J connectivity index is 1.58. The van der Waals surface area contributed by atoms with Crippen LogP contribution in [-0.4, -0.2) is 28.4 Å². The number of alkyl halides is 3. The molecule has 0 fully saturated rings. The van der Waals surface area contributed by atoms with Crippen LogP contribution >= 0.6 is 0 Å². The van der Waals surface area contributed by atoms with Crippen molar-refractivity contribution in [2.75, 3.05) is 13.2 Å². The minimum Gasteiger partial charge on any atom is -0.483 e. The molecule has 0 saturated heterocycles. The first kappa shape index (κ1) is 20.3. The summed E-state index contributed by atoms with van der Waals surface area (Å²) >= 11 is 0. The number of furan rings is 1. The highest BCUT2D eigenvalue weighted by Gasteiger charge is 2.33. The molecule has 4 heterocycles. The summed E-state index contributed by atoms with van der Waals surface area (Å²) in [5.41, 5.74) is 0.183. The first-order chi connectivity index (χ1) is 14.5. The second-order valence-corrected chi connectivity index (χ2v) is 7.12. The third-order valence-electron chi connectivity index (χ3n) is 4.90. The van der Waals surface area contributed by atoms with E-state index in [1.807, 2.05) is 5.10 Å². The van der Waals surface area contributed by atoms with Crippen molar-refractivity contribution >= 4 is 0 Å². The Morgan fingerprint density at radius 3 is 2.50 bits per heavy atom. The topological polar surface area (TPSA) is 73.2 Å². The fourth-order valence-electron chi connectivity index (χ4n) is 3.35. The molecule has 0 saturated carbocycles. The minimum absolute atomic E-state index is 0.117. The fourth-order valence-corrected chi connectivity index (χ4v) is 3.35. The van der Waals surface area contributed by atoms with Gasteiger partial charge in [-0.15, -0.1) is 0 Å². The third kappa shape index (κ3) is 4.15. The molecule has 3 aromatic heterocycles. The molecule has 9 heteroatoms. The van der Waals surface area contributed by atoms with E-state index >= 15 is 0 Å². The molecule has 0 atom stereocenters. The predicted octanol–water partition coefficient (Wildman–Crippen LogP) is 5.64. The molecule has 0 amide bonds. The van der Waals surface area contributed by atoms with Crippen LogP contribution in [0.4, 0.5) is 13.2 Å². The molecule has 160 valence electrons. The molecule has 0 aliphatic carbocycles.